The molecule has 0 spiro atoms. The zero-order chi connectivity index (χ0) is 23.2. The lowest BCUT2D eigenvalue weighted by Gasteiger charge is -2.27. The predicted octanol–water partition coefficient (Wildman–Crippen LogP) is 3.75. The maximum Gasteiger partial charge on any atom is 0.313 e. The summed E-state index contributed by atoms with van der Waals surface area (Å²) in [5.41, 5.74) is 1.74. The van der Waals surface area contributed by atoms with E-state index in [-0.39, 0.29) is 18.2 Å². The van der Waals surface area contributed by atoms with Crippen LogP contribution in [0.25, 0.3) is 0 Å². The van der Waals surface area contributed by atoms with Gasteiger partial charge in [-0.15, -0.1) is 11.3 Å². The molecule has 1 aromatic heterocycles. The zero-order valence-electron chi connectivity index (χ0n) is 17.9. The molecule has 1 saturated heterocycles. The highest BCUT2D eigenvalue weighted by Gasteiger charge is 2.20. The number of carbonyl (C=O) groups excluding carboxylic acids is 4. The van der Waals surface area contributed by atoms with Crippen LogP contribution in [-0.2, 0) is 20.9 Å². The van der Waals surface area contributed by atoms with E-state index in [2.05, 4.69) is 10.6 Å². The average Bonchev–Trinajstić information content (AvgIpc) is 3.32. The van der Waals surface area contributed by atoms with Crippen LogP contribution in [0.4, 0.5) is 11.4 Å². The number of hydrogen-bond donors (Lipinski definition) is 2. The van der Waals surface area contributed by atoms with E-state index in [1.54, 1.807) is 59.5 Å². The van der Waals surface area contributed by atoms with E-state index in [0.29, 0.717) is 34.8 Å². The first kappa shape index (κ1) is 22.4. The molecular formula is C25H23N3O4S. The summed E-state index contributed by atoms with van der Waals surface area (Å²) in [6, 6.07) is 19.4. The fraction of sp³-hybridized carbons (Fsp3) is 0.200. The summed E-state index contributed by atoms with van der Waals surface area (Å²) < 4.78 is 0. The fourth-order valence-electron chi connectivity index (χ4n) is 3.59. The second-order valence-electron chi connectivity index (χ2n) is 7.65. The van der Waals surface area contributed by atoms with Crippen molar-refractivity contribution in [3.8, 4) is 0 Å². The van der Waals surface area contributed by atoms with Crippen molar-refractivity contribution >= 4 is 46.2 Å². The lowest BCUT2D eigenvalue weighted by atomic mass is 10.1. The summed E-state index contributed by atoms with van der Waals surface area (Å²) in [7, 11) is 0. The number of anilines is 2. The Morgan fingerprint density at radius 1 is 0.909 bits per heavy atom. The van der Waals surface area contributed by atoms with Crippen molar-refractivity contribution in [1.29, 1.82) is 0 Å². The fourth-order valence-corrected chi connectivity index (χ4v) is 4.50. The molecule has 0 atom stereocenters. The van der Waals surface area contributed by atoms with Crippen molar-refractivity contribution < 1.29 is 19.2 Å². The molecule has 33 heavy (non-hydrogen) atoms. The minimum absolute atomic E-state index is 0.0588. The molecule has 168 valence electrons. The quantitative estimate of drug-likeness (QED) is 0.432. The van der Waals surface area contributed by atoms with Crippen LogP contribution in [0.1, 0.15) is 39.4 Å². The molecule has 2 heterocycles. The van der Waals surface area contributed by atoms with Gasteiger partial charge in [0, 0.05) is 34.8 Å². The molecule has 2 N–H and O–H groups in total. The molecule has 1 fully saturated rings. The summed E-state index contributed by atoms with van der Waals surface area (Å²) in [5.74, 6) is -1.60. The highest BCUT2D eigenvalue weighted by Crippen LogP contribution is 2.24. The second kappa shape index (κ2) is 10.2. The Balaban J connectivity index is 1.32. The Kier molecular flexibility index (Phi) is 6.95. The van der Waals surface area contributed by atoms with Gasteiger partial charge in [-0.1, -0.05) is 36.4 Å². The van der Waals surface area contributed by atoms with Crippen LogP contribution in [0.15, 0.2) is 66.7 Å². The summed E-state index contributed by atoms with van der Waals surface area (Å²) >= 11 is 1.28. The number of hydrogen-bond acceptors (Lipinski definition) is 5. The van der Waals surface area contributed by atoms with Gasteiger partial charge >= 0.3 is 11.8 Å². The third kappa shape index (κ3) is 5.53. The number of benzene rings is 2. The van der Waals surface area contributed by atoms with Crippen molar-refractivity contribution in [3.05, 3.63) is 82.0 Å². The summed E-state index contributed by atoms with van der Waals surface area (Å²) in [6.45, 7) is 0.785. The van der Waals surface area contributed by atoms with Gasteiger partial charge in [0.05, 0.1) is 11.4 Å². The van der Waals surface area contributed by atoms with E-state index in [1.165, 1.54) is 11.3 Å². The minimum Gasteiger partial charge on any atom is -0.343 e. The van der Waals surface area contributed by atoms with E-state index < -0.39 is 11.8 Å². The lowest BCUT2D eigenvalue weighted by molar-refractivity contribution is -0.136. The van der Waals surface area contributed by atoms with Crippen molar-refractivity contribution in [2.45, 2.75) is 25.8 Å². The van der Waals surface area contributed by atoms with Gasteiger partial charge in [-0.25, -0.2) is 0 Å². The number of ketones is 1. The van der Waals surface area contributed by atoms with Crippen LogP contribution in [0.2, 0.25) is 0 Å². The SMILES string of the molecule is O=C(NCc1ccc(C(=O)c2ccccc2)s1)C(=O)Nc1cccc(N2CCCCC2=O)c1. The van der Waals surface area contributed by atoms with E-state index >= 15 is 0 Å². The first-order valence-corrected chi connectivity index (χ1v) is 11.5. The molecule has 0 bridgehead atoms. The van der Waals surface area contributed by atoms with Crippen molar-refractivity contribution in [2.24, 2.45) is 0 Å². The van der Waals surface area contributed by atoms with Gasteiger partial charge in [0.25, 0.3) is 0 Å². The van der Waals surface area contributed by atoms with E-state index in [9.17, 15) is 19.2 Å². The maximum atomic E-state index is 12.5. The summed E-state index contributed by atoms with van der Waals surface area (Å²) in [5, 5.41) is 5.16. The topological polar surface area (TPSA) is 95.6 Å². The van der Waals surface area contributed by atoms with Crippen LogP contribution in [0.3, 0.4) is 0 Å². The molecule has 4 rings (SSSR count). The third-order valence-corrected chi connectivity index (χ3v) is 6.37. The molecule has 0 aliphatic carbocycles. The molecular weight excluding hydrogens is 438 g/mol. The molecule has 3 amide bonds. The Bertz CT molecular complexity index is 1190. The van der Waals surface area contributed by atoms with Gasteiger partial charge in [0.15, 0.2) is 0 Å². The highest BCUT2D eigenvalue weighted by atomic mass is 32.1. The smallest absolute Gasteiger partial charge is 0.313 e. The van der Waals surface area contributed by atoms with Gasteiger partial charge in [0.1, 0.15) is 0 Å². The molecule has 1 aliphatic heterocycles. The summed E-state index contributed by atoms with van der Waals surface area (Å²) in [4.78, 5) is 52.3. The number of thiophene rings is 1. The minimum atomic E-state index is -0.797. The Morgan fingerprint density at radius 2 is 1.73 bits per heavy atom. The highest BCUT2D eigenvalue weighted by molar-refractivity contribution is 7.14. The molecule has 0 radical (unpaired) electrons. The lowest BCUT2D eigenvalue weighted by Crippen LogP contribution is -2.36. The first-order chi connectivity index (χ1) is 16.0. The van der Waals surface area contributed by atoms with Crippen LogP contribution >= 0.6 is 11.3 Å². The second-order valence-corrected chi connectivity index (χ2v) is 8.82. The van der Waals surface area contributed by atoms with E-state index in [4.69, 9.17) is 0 Å². The number of amides is 3. The third-order valence-electron chi connectivity index (χ3n) is 5.29. The summed E-state index contributed by atoms with van der Waals surface area (Å²) in [6.07, 6.45) is 2.34. The predicted molar refractivity (Wildman–Crippen MR) is 127 cm³/mol. The number of nitrogens with one attached hydrogen (secondary N) is 2. The first-order valence-electron chi connectivity index (χ1n) is 10.7. The molecule has 1 aliphatic rings. The number of carbonyl (C=O) groups is 4. The van der Waals surface area contributed by atoms with Crippen LogP contribution in [0.5, 0.6) is 0 Å². The largest absolute Gasteiger partial charge is 0.343 e. The van der Waals surface area contributed by atoms with Crippen molar-refractivity contribution in [3.63, 3.8) is 0 Å². The monoisotopic (exact) mass is 461 g/mol. The van der Waals surface area contributed by atoms with Gasteiger partial charge in [-0.2, -0.15) is 0 Å². The molecule has 0 saturated carbocycles. The Morgan fingerprint density at radius 3 is 2.52 bits per heavy atom. The average molecular weight is 462 g/mol. The standard InChI is InChI=1S/C25H23N3O4S/c29-22-11-4-5-14-28(22)19-10-6-9-18(15-19)27-25(32)24(31)26-16-20-12-13-21(33-20)23(30)17-7-2-1-3-8-17/h1-3,6-10,12-13,15H,4-5,11,14,16H2,(H,26,31)(H,27,32). The molecule has 7 nitrogen and oxygen atoms in total. The van der Waals surface area contributed by atoms with E-state index in [1.807, 2.05) is 12.1 Å². The molecule has 8 heteroatoms. The van der Waals surface area contributed by atoms with Gasteiger partial charge in [-0.05, 0) is 43.2 Å². The number of piperidine rings is 1. The van der Waals surface area contributed by atoms with Gasteiger partial charge in [-0.3, -0.25) is 19.2 Å². The molecule has 0 unspecified atom stereocenters. The van der Waals surface area contributed by atoms with Crippen molar-refractivity contribution in [1.82, 2.24) is 5.32 Å². The number of nitrogens with zero attached hydrogens (tertiary/aromatic N) is 1. The number of rotatable bonds is 6. The van der Waals surface area contributed by atoms with Gasteiger partial charge < -0.3 is 15.5 Å². The van der Waals surface area contributed by atoms with Crippen LogP contribution in [0, 0.1) is 0 Å². The normalized spacial score (nSPS) is 13.5. The van der Waals surface area contributed by atoms with Crippen molar-refractivity contribution in [2.75, 3.05) is 16.8 Å². The zero-order valence-corrected chi connectivity index (χ0v) is 18.7. The Hall–Kier alpha value is -3.78. The molecule has 2 aromatic carbocycles. The van der Waals surface area contributed by atoms with E-state index in [0.717, 1.165) is 17.7 Å². The van der Waals surface area contributed by atoms with Crippen LogP contribution < -0.4 is 15.5 Å². The Labute approximate surface area is 195 Å². The maximum absolute atomic E-state index is 12.5. The van der Waals surface area contributed by atoms with Gasteiger partial charge in [0.2, 0.25) is 11.7 Å². The van der Waals surface area contributed by atoms with Crippen LogP contribution in [-0.4, -0.2) is 30.0 Å². The molecule has 3 aromatic rings.